The van der Waals surface area contributed by atoms with Gasteiger partial charge in [0.25, 0.3) is 0 Å². The number of hydrogen-bond donors (Lipinski definition) is 1. The molecule has 1 amide bonds. The van der Waals surface area contributed by atoms with Crippen LogP contribution in [0.1, 0.15) is 11.1 Å². The molecule has 0 aliphatic heterocycles. The number of amides is 1. The van der Waals surface area contributed by atoms with Crippen molar-refractivity contribution in [3.05, 3.63) is 58.7 Å². The third-order valence-corrected chi connectivity index (χ3v) is 3.37. The van der Waals surface area contributed by atoms with Crippen molar-refractivity contribution in [2.24, 2.45) is 0 Å². The van der Waals surface area contributed by atoms with E-state index < -0.39 is 11.7 Å². The van der Waals surface area contributed by atoms with Crippen molar-refractivity contribution in [2.75, 3.05) is 18.9 Å². The smallest absolute Gasteiger partial charge is 0.310 e. The molecule has 0 bridgehead atoms. The number of anilines is 1. The van der Waals surface area contributed by atoms with E-state index in [1.807, 2.05) is 0 Å². The van der Waals surface area contributed by atoms with Crippen molar-refractivity contribution in [1.29, 1.82) is 0 Å². The highest BCUT2D eigenvalue weighted by Gasteiger charge is 2.29. The Hall–Kier alpha value is -2.12. The summed E-state index contributed by atoms with van der Waals surface area (Å²) >= 11 is 5.71. The van der Waals surface area contributed by atoms with Crippen LogP contribution in [0.3, 0.4) is 0 Å². The number of hydrogen-bond acceptors (Lipinski definition) is 3. The second kappa shape index (κ2) is 7.63. The van der Waals surface area contributed by atoms with Crippen LogP contribution < -0.4 is 5.32 Å². The Labute approximate surface area is 142 Å². The zero-order valence-corrected chi connectivity index (χ0v) is 13.5. The molecular formula is C16H15ClF3N3O. The van der Waals surface area contributed by atoms with Gasteiger partial charge in [0, 0.05) is 12.7 Å². The maximum atomic E-state index is 12.5. The van der Waals surface area contributed by atoms with Crippen LogP contribution in [0.5, 0.6) is 0 Å². The zero-order chi connectivity index (χ0) is 17.7. The van der Waals surface area contributed by atoms with Gasteiger partial charge in [0.15, 0.2) is 0 Å². The van der Waals surface area contributed by atoms with E-state index in [2.05, 4.69) is 10.3 Å². The first kappa shape index (κ1) is 18.2. The van der Waals surface area contributed by atoms with E-state index in [0.29, 0.717) is 22.9 Å². The third-order valence-electron chi connectivity index (χ3n) is 3.14. The summed E-state index contributed by atoms with van der Waals surface area (Å²) in [6, 6.07) is 8.05. The fraction of sp³-hybridized carbons (Fsp3) is 0.250. The fourth-order valence-electron chi connectivity index (χ4n) is 2.04. The lowest BCUT2D eigenvalue weighted by Crippen LogP contribution is -2.30. The second-order valence-corrected chi connectivity index (χ2v) is 5.71. The summed E-state index contributed by atoms with van der Waals surface area (Å²) in [7, 11) is 1.70. The van der Waals surface area contributed by atoms with Gasteiger partial charge in [0.2, 0.25) is 5.91 Å². The van der Waals surface area contributed by atoms with Gasteiger partial charge in [0.1, 0.15) is 5.82 Å². The molecule has 0 atom stereocenters. The van der Waals surface area contributed by atoms with Crippen molar-refractivity contribution in [2.45, 2.75) is 12.7 Å². The minimum absolute atomic E-state index is 0.0747. The molecule has 0 aliphatic carbocycles. The van der Waals surface area contributed by atoms with E-state index in [9.17, 15) is 18.0 Å². The number of nitrogens with one attached hydrogen (secondary N) is 1. The minimum Gasteiger partial charge on any atom is -0.310 e. The summed E-state index contributed by atoms with van der Waals surface area (Å²) in [6.45, 7) is 0.422. The van der Waals surface area contributed by atoms with Gasteiger partial charge in [-0.1, -0.05) is 23.7 Å². The average Bonchev–Trinajstić information content (AvgIpc) is 2.49. The molecule has 0 spiro atoms. The number of carbonyl (C=O) groups excluding carboxylic acids is 1. The molecule has 0 radical (unpaired) electrons. The number of pyridine rings is 1. The van der Waals surface area contributed by atoms with Gasteiger partial charge in [-0.3, -0.25) is 9.69 Å². The van der Waals surface area contributed by atoms with Crippen LogP contribution in [0.15, 0.2) is 42.6 Å². The maximum Gasteiger partial charge on any atom is 0.416 e. The van der Waals surface area contributed by atoms with Gasteiger partial charge in [-0.05, 0) is 36.9 Å². The van der Waals surface area contributed by atoms with Crippen molar-refractivity contribution >= 4 is 23.3 Å². The molecule has 0 unspecified atom stereocenters. The average molecular weight is 358 g/mol. The minimum atomic E-state index is -4.35. The normalized spacial score (nSPS) is 11.6. The van der Waals surface area contributed by atoms with Crippen LogP contribution in [0.4, 0.5) is 19.0 Å². The molecule has 1 aromatic heterocycles. The monoisotopic (exact) mass is 357 g/mol. The number of halogens is 4. The Bertz CT molecular complexity index is 687. The van der Waals surface area contributed by atoms with E-state index >= 15 is 0 Å². The van der Waals surface area contributed by atoms with Gasteiger partial charge in [-0.25, -0.2) is 4.98 Å². The molecular weight excluding hydrogens is 343 g/mol. The van der Waals surface area contributed by atoms with E-state index in [-0.39, 0.29) is 12.5 Å². The Kier molecular flexibility index (Phi) is 5.80. The third kappa shape index (κ3) is 5.50. The van der Waals surface area contributed by atoms with Crippen molar-refractivity contribution in [1.82, 2.24) is 9.88 Å². The predicted molar refractivity (Wildman–Crippen MR) is 85.7 cm³/mol. The number of nitrogens with zero attached hydrogens (tertiary/aromatic N) is 2. The molecule has 2 rings (SSSR count). The summed E-state index contributed by atoms with van der Waals surface area (Å²) in [5.74, 6) is 0.103. The maximum absolute atomic E-state index is 12.5. The summed E-state index contributed by atoms with van der Waals surface area (Å²) in [5, 5.41) is 3.08. The predicted octanol–water partition coefficient (Wildman–Crippen LogP) is 3.82. The number of aromatic nitrogens is 1. The Morgan fingerprint density at radius 1 is 1.21 bits per heavy atom. The molecule has 128 valence electrons. The van der Waals surface area contributed by atoms with Crippen LogP contribution in [0, 0.1) is 0 Å². The summed E-state index contributed by atoms with van der Waals surface area (Å²) in [5.41, 5.74) is -0.0108. The highest BCUT2D eigenvalue weighted by molar-refractivity contribution is 6.30. The standard InChI is InChI=1S/C16H15ClF3N3O/c1-23(9-11-2-4-12(5-3-11)16(18,19)20)10-15(24)22-14-7-6-13(17)8-21-14/h2-8H,9-10H2,1H3,(H,21,22,24). The molecule has 8 heteroatoms. The number of carbonyl (C=O) groups is 1. The molecule has 1 heterocycles. The lowest BCUT2D eigenvalue weighted by molar-refractivity contribution is -0.137. The quantitative estimate of drug-likeness (QED) is 0.884. The van der Waals surface area contributed by atoms with E-state index in [4.69, 9.17) is 11.6 Å². The molecule has 0 saturated carbocycles. The summed E-state index contributed by atoms with van der Waals surface area (Å²) < 4.78 is 37.5. The molecule has 24 heavy (non-hydrogen) atoms. The van der Waals surface area contributed by atoms with Crippen LogP contribution in [0.2, 0.25) is 5.02 Å². The zero-order valence-electron chi connectivity index (χ0n) is 12.8. The lowest BCUT2D eigenvalue weighted by atomic mass is 10.1. The van der Waals surface area contributed by atoms with Gasteiger partial charge in [0.05, 0.1) is 17.1 Å². The van der Waals surface area contributed by atoms with Gasteiger partial charge >= 0.3 is 6.18 Å². The first-order valence-corrected chi connectivity index (χ1v) is 7.38. The number of benzene rings is 1. The van der Waals surface area contributed by atoms with E-state index in [1.54, 1.807) is 24.1 Å². The van der Waals surface area contributed by atoms with Gasteiger partial charge < -0.3 is 5.32 Å². The highest BCUT2D eigenvalue weighted by atomic mass is 35.5. The van der Waals surface area contributed by atoms with Crippen LogP contribution in [-0.2, 0) is 17.5 Å². The SMILES string of the molecule is CN(CC(=O)Nc1ccc(Cl)cn1)Cc1ccc(C(F)(F)F)cc1. The molecule has 0 fully saturated rings. The largest absolute Gasteiger partial charge is 0.416 e. The van der Waals surface area contributed by atoms with Gasteiger partial charge in [-0.2, -0.15) is 13.2 Å². The van der Waals surface area contributed by atoms with Gasteiger partial charge in [-0.15, -0.1) is 0 Å². The highest BCUT2D eigenvalue weighted by Crippen LogP contribution is 2.29. The molecule has 1 N–H and O–H groups in total. The Morgan fingerprint density at radius 2 is 1.88 bits per heavy atom. The van der Waals surface area contributed by atoms with E-state index in [0.717, 1.165) is 12.1 Å². The van der Waals surface area contributed by atoms with Crippen molar-refractivity contribution in [3.63, 3.8) is 0 Å². The fourth-order valence-corrected chi connectivity index (χ4v) is 2.16. The second-order valence-electron chi connectivity index (χ2n) is 5.28. The number of likely N-dealkylation sites (N-methyl/N-ethyl adjacent to an activating group) is 1. The first-order valence-electron chi connectivity index (χ1n) is 7.00. The number of alkyl halides is 3. The molecule has 4 nitrogen and oxygen atoms in total. The molecule has 2 aromatic rings. The topological polar surface area (TPSA) is 45.2 Å². The van der Waals surface area contributed by atoms with Crippen molar-refractivity contribution < 1.29 is 18.0 Å². The van der Waals surface area contributed by atoms with Crippen molar-refractivity contribution in [3.8, 4) is 0 Å². The summed E-state index contributed by atoms with van der Waals surface area (Å²) in [6.07, 6.45) is -2.93. The van der Waals surface area contributed by atoms with Crippen LogP contribution >= 0.6 is 11.6 Å². The first-order chi connectivity index (χ1) is 11.2. The van der Waals surface area contributed by atoms with Crippen LogP contribution in [0.25, 0.3) is 0 Å². The molecule has 0 saturated heterocycles. The molecule has 1 aromatic carbocycles. The van der Waals surface area contributed by atoms with E-state index in [1.165, 1.54) is 18.3 Å². The lowest BCUT2D eigenvalue weighted by Gasteiger charge is -2.16. The molecule has 0 aliphatic rings. The number of rotatable bonds is 5. The van der Waals surface area contributed by atoms with Crippen LogP contribution in [-0.4, -0.2) is 29.4 Å². The summed E-state index contributed by atoms with van der Waals surface area (Å²) in [4.78, 5) is 17.6. The Balaban J connectivity index is 1.87. The Morgan fingerprint density at radius 3 is 2.42 bits per heavy atom.